The topological polar surface area (TPSA) is 39.1 Å². The summed E-state index contributed by atoms with van der Waals surface area (Å²) in [6.07, 6.45) is 26.9. The van der Waals surface area contributed by atoms with Crippen LogP contribution in [0.4, 0.5) is 0 Å². The molecule has 0 radical (unpaired) electrons. The highest BCUT2D eigenvalue weighted by molar-refractivity contribution is 5.02. The van der Waals surface area contributed by atoms with Gasteiger partial charge in [-0.15, -0.1) is 0 Å². The van der Waals surface area contributed by atoms with Gasteiger partial charge in [0.05, 0.1) is 0 Å². The molecule has 0 bridgehead atoms. The van der Waals surface area contributed by atoms with Gasteiger partial charge in [0, 0.05) is 23.7 Å². The van der Waals surface area contributed by atoms with Crippen molar-refractivity contribution in [2.75, 3.05) is 6.54 Å². The first-order valence-corrected chi connectivity index (χ1v) is 13.8. The van der Waals surface area contributed by atoms with E-state index in [-0.39, 0.29) is 11.1 Å². The zero-order valence-electron chi connectivity index (χ0n) is 21.9. The van der Waals surface area contributed by atoms with E-state index in [1.165, 1.54) is 96.3 Å². The number of rotatable bonds is 18. The van der Waals surface area contributed by atoms with Gasteiger partial charge >= 0.3 is 0 Å². The van der Waals surface area contributed by atoms with Crippen molar-refractivity contribution < 1.29 is 0 Å². The van der Waals surface area contributed by atoms with Gasteiger partial charge < -0.3 is 10.2 Å². The molecule has 0 amide bonds. The fourth-order valence-electron chi connectivity index (χ4n) is 5.63. The number of hydrogen-bond acceptors (Lipinski definition) is 3. The summed E-state index contributed by atoms with van der Waals surface area (Å²) in [6.45, 7) is 12.3. The Morgan fingerprint density at radius 2 is 1.03 bits per heavy atom. The van der Waals surface area contributed by atoms with Crippen molar-refractivity contribution in [2.24, 2.45) is 0 Å². The largest absolute Gasteiger partial charge is 0.307 e. The first-order valence-electron chi connectivity index (χ1n) is 13.8. The number of unbranched alkanes of at least 4 members (excludes halogenated alkanes) is 15. The van der Waals surface area contributed by atoms with Crippen molar-refractivity contribution >= 4 is 0 Å². The van der Waals surface area contributed by atoms with Gasteiger partial charge in [-0.3, -0.25) is 0 Å². The molecule has 1 aliphatic heterocycles. The number of nitrogens with one attached hydrogen (secondary N) is 1. The number of nitrogens with zero attached hydrogens (tertiary/aromatic N) is 2. The Balaban J connectivity index is 1.97. The number of piperidine rings is 1. The van der Waals surface area contributed by atoms with Gasteiger partial charge in [0.25, 0.3) is 0 Å². The highest BCUT2D eigenvalue weighted by Gasteiger charge is 2.39. The van der Waals surface area contributed by atoms with Gasteiger partial charge in [-0.2, -0.15) is 5.26 Å². The molecule has 0 aromatic rings. The van der Waals surface area contributed by atoms with Crippen molar-refractivity contribution in [2.45, 2.75) is 167 Å². The van der Waals surface area contributed by atoms with Crippen LogP contribution in [0.5, 0.6) is 0 Å². The predicted molar refractivity (Wildman–Crippen MR) is 136 cm³/mol. The minimum atomic E-state index is 0.107. The molecule has 31 heavy (non-hydrogen) atoms. The monoisotopic (exact) mass is 433 g/mol. The SMILES string of the molecule is CCCCCCCCCCCCCCCCCCN(C#N)C1CC(C)(C)NC(C)(C)C1. The molecule has 1 N–H and O–H groups in total. The summed E-state index contributed by atoms with van der Waals surface area (Å²) in [5.74, 6) is 0. The fraction of sp³-hybridized carbons (Fsp3) is 0.964. The lowest BCUT2D eigenvalue weighted by Crippen LogP contribution is -2.61. The molecule has 1 aliphatic rings. The van der Waals surface area contributed by atoms with E-state index < -0.39 is 0 Å². The molecule has 0 aromatic carbocycles. The van der Waals surface area contributed by atoms with Crippen LogP contribution >= 0.6 is 0 Å². The molecule has 1 fully saturated rings. The highest BCUT2D eigenvalue weighted by atomic mass is 15.2. The van der Waals surface area contributed by atoms with Gasteiger partial charge in [-0.1, -0.05) is 103 Å². The Morgan fingerprint density at radius 3 is 1.39 bits per heavy atom. The second-order valence-electron chi connectivity index (χ2n) is 11.6. The Labute approximate surface area is 195 Å². The van der Waals surface area contributed by atoms with Crippen LogP contribution in [0.3, 0.4) is 0 Å². The molecule has 0 aromatic heterocycles. The lowest BCUT2D eigenvalue weighted by molar-refractivity contribution is 0.0959. The maximum Gasteiger partial charge on any atom is 0.179 e. The summed E-state index contributed by atoms with van der Waals surface area (Å²) >= 11 is 0. The minimum Gasteiger partial charge on any atom is -0.307 e. The summed E-state index contributed by atoms with van der Waals surface area (Å²) in [7, 11) is 0. The molecule has 0 spiro atoms. The Morgan fingerprint density at radius 1 is 0.677 bits per heavy atom. The predicted octanol–water partition coefficient (Wildman–Crippen LogP) is 8.34. The summed E-state index contributed by atoms with van der Waals surface area (Å²) in [6, 6.07) is 0.382. The van der Waals surface area contributed by atoms with Crippen LogP contribution in [-0.2, 0) is 0 Å². The average Bonchev–Trinajstić information content (AvgIpc) is 2.68. The van der Waals surface area contributed by atoms with Crippen molar-refractivity contribution in [3.8, 4) is 6.19 Å². The minimum absolute atomic E-state index is 0.107. The molecule has 0 saturated carbocycles. The van der Waals surface area contributed by atoms with Crippen LogP contribution in [0.2, 0.25) is 0 Å². The molecule has 1 rings (SSSR count). The molecule has 3 heteroatoms. The molecule has 182 valence electrons. The van der Waals surface area contributed by atoms with Crippen LogP contribution in [0.1, 0.15) is 150 Å². The smallest absolute Gasteiger partial charge is 0.179 e. The third kappa shape index (κ3) is 14.1. The number of hydrogen-bond donors (Lipinski definition) is 1. The maximum atomic E-state index is 9.70. The van der Waals surface area contributed by atoms with Crippen molar-refractivity contribution in [1.82, 2.24) is 10.2 Å². The third-order valence-electron chi connectivity index (χ3n) is 6.99. The summed E-state index contributed by atoms with van der Waals surface area (Å²) in [5, 5.41) is 13.4. The van der Waals surface area contributed by atoms with Crippen LogP contribution < -0.4 is 5.32 Å². The van der Waals surface area contributed by atoms with Gasteiger partial charge in [-0.05, 0) is 47.0 Å². The standard InChI is InChI=1S/C28H55N3/c1-6-7-8-9-10-11-12-13-14-15-16-17-18-19-20-21-22-31(25-29)26-23-27(2,3)30-28(4,5)24-26/h26,30H,6-24H2,1-5H3. The van der Waals surface area contributed by atoms with Gasteiger partial charge in [-0.25, -0.2) is 0 Å². The quantitative estimate of drug-likeness (QED) is 0.134. The van der Waals surface area contributed by atoms with Crippen LogP contribution in [0, 0.1) is 11.5 Å². The summed E-state index contributed by atoms with van der Waals surface area (Å²) < 4.78 is 0. The van der Waals surface area contributed by atoms with Crippen molar-refractivity contribution in [3.63, 3.8) is 0 Å². The van der Waals surface area contributed by atoms with Gasteiger partial charge in [0.15, 0.2) is 6.19 Å². The molecule has 0 unspecified atom stereocenters. The summed E-state index contributed by atoms with van der Waals surface area (Å²) in [5.41, 5.74) is 0.215. The van der Waals surface area contributed by atoms with Gasteiger partial charge in [0.2, 0.25) is 0 Å². The fourth-order valence-corrected chi connectivity index (χ4v) is 5.63. The molecule has 0 aliphatic carbocycles. The Hall–Kier alpha value is -0.750. The molecular weight excluding hydrogens is 378 g/mol. The second-order valence-corrected chi connectivity index (χ2v) is 11.6. The van der Waals surface area contributed by atoms with E-state index in [9.17, 15) is 5.26 Å². The van der Waals surface area contributed by atoms with E-state index in [2.05, 4.69) is 51.0 Å². The zero-order chi connectivity index (χ0) is 23.0. The molecule has 0 atom stereocenters. The molecular formula is C28H55N3. The van der Waals surface area contributed by atoms with E-state index in [1.54, 1.807) is 0 Å². The van der Waals surface area contributed by atoms with Crippen molar-refractivity contribution in [3.05, 3.63) is 0 Å². The number of nitriles is 1. The molecule has 1 saturated heterocycles. The second kappa shape index (κ2) is 16.0. The van der Waals surface area contributed by atoms with Crippen LogP contribution in [-0.4, -0.2) is 28.6 Å². The lowest BCUT2D eigenvalue weighted by Gasteiger charge is -2.48. The van der Waals surface area contributed by atoms with E-state index >= 15 is 0 Å². The first kappa shape index (κ1) is 28.3. The lowest BCUT2D eigenvalue weighted by atomic mass is 9.79. The first-order chi connectivity index (χ1) is 14.8. The van der Waals surface area contributed by atoms with Crippen molar-refractivity contribution in [1.29, 1.82) is 5.26 Å². The average molecular weight is 434 g/mol. The normalized spacial score (nSPS) is 18.1. The summed E-state index contributed by atoms with van der Waals surface area (Å²) in [4.78, 5) is 2.08. The van der Waals surface area contributed by atoms with E-state index in [0.29, 0.717) is 6.04 Å². The van der Waals surface area contributed by atoms with E-state index in [0.717, 1.165) is 25.8 Å². The maximum absolute atomic E-state index is 9.70. The molecule has 1 heterocycles. The molecule has 3 nitrogen and oxygen atoms in total. The zero-order valence-corrected chi connectivity index (χ0v) is 21.9. The van der Waals surface area contributed by atoms with Crippen LogP contribution in [0.15, 0.2) is 0 Å². The van der Waals surface area contributed by atoms with Crippen LogP contribution in [0.25, 0.3) is 0 Å². The Kier molecular flexibility index (Phi) is 14.6. The Bertz CT molecular complexity index is 461. The van der Waals surface area contributed by atoms with Gasteiger partial charge in [0.1, 0.15) is 0 Å². The highest BCUT2D eigenvalue weighted by Crippen LogP contribution is 2.31. The van der Waals surface area contributed by atoms with E-state index in [1.807, 2.05) is 0 Å². The third-order valence-corrected chi connectivity index (χ3v) is 6.99. The van der Waals surface area contributed by atoms with E-state index in [4.69, 9.17) is 0 Å².